The Labute approximate surface area is 124 Å². The molecule has 0 bridgehead atoms. The molecular weight excluding hydrogens is 302 g/mol. The highest BCUT2D eigenvalue weighted by atomic mass is 35.5. The normalized spacial score (nSPS) is 13.5. The van der Waals surface area contributed by atoms with E-state index in [0.717, 1.165) is 23.3 Å². The largest absolute Gasteiger partial charge is 0.327 e. The van der Waals surface area contributed by atoms with E-state index in [1.54, 1.807) is 0 Å². The fourth-order valence-corrected chi connectivity index (χ4v) is 3.99. The Kier molecular flexibility index (Phi) is 6.66. The van der Waals surface area contributed by atoms with Gasteiger partial charge in [-0.15, -0.1) is 11.8 Å². The molecule has 0 amide bonds. The van der Waals surface area contributed by atoms with Crippen molar-refractivity contribution in [3.05, 3.63) is 28.8 Å². The van der Waals surface area contributed by atoms with Crippen LogP contribution in [0.1, 0.15) is 18.9 Å². The third-order valence-corrected chi connectivity index (χ3v) is 5.31. The Bertz CT molecular complexity index is 517. The van der Waals surface area contributed by atoms with Crippen molar-refractivity contribution in [2.45, 2.75) is 30.7 Å². The summed E-state index contributed by atoms with van der Waals surface area (Å²) in [7, 11) is -2.90. The highest BCUT2D eigenvalue weighted by Gasteiger charge is 2.08. The number of nitrogens with two attached hydrogens (primary N) is 1. The molecule has 0 fully saturated rings. The summed E-state index contributed by atoms with van der Waals surface area (Å²) in [6, 6.07) is 5.95. The molecule has 0 saturated carbocycles. The Balaban J connectivity index is 2.61. The molecule has 0 aliphatic heterocycles. The van der Waals surface area contributed by atoms with Gasteiger partial charge in [0.15, 0.2) is 0 Å². The zero-order valence-electron chi connectivity index (χ0n) is 11.2. The van der Waals surface area contributed by atoms with Gasteiger partial charge in [0.05, 0.1) is 5.75 Å². The maximum atomic E-state index is 11.0. The van der Waals surface area contributed by atoms with Crippen LogP contribution >= 0.6 is 23.4 Å². The molecule has 1 aromatic rings. The zero-order chi connectivity index (χ0) is 14.5. The lowest BCUT2D eigenvalue weighted by Crippen LogP contribution is -2.21. The molecule has 6 heteroatoms. The molecule has 1 atom stereocenters. The number of benzene rings is 1. The van der Waals surface area contributed by atoms with E-state index < -0.39 is 9.84 Å². The predicted octanol–water partition coefficient (Wildman–Crippen LogP) is 2.76. The Morgan fingerprint density at radius 3 is 2.63 bits per heavy atom. The second kappa shape index (κ2) is 7.53. The summed E-state index contributed by atoms with van der Waals surface area (Å²) in [6.45, 7) is 2.05. The molecule has 2 N–H and O–H groups in total. The van der Waals surface area contributed by atoms with E-state index in [1.807, 2.05) is 25.1 Å². The maximum absolute atomic E-state index is 11.0. The van der Waals surface area contributed by atoms with Crippen molar-refractivity contribution in [3.63, 3.8) is 0 Å². The van der Waals surface area contributed by atoms with Gasteiger partial charge in [-0.25, -0.2) is 8.42 Å². The summed E-state index contributed by atoms with van der Waals surface area (Å²) >= 11 is 7.71. The quantitative estimate of drug-likeness (QED) is 0.784. The van der Waals surface area contributed by atoms with Gasteiger partial charge in [0, 0.05) is 28.0 Å². The summed E-state index contributed by atoms with van der Waals surface area (Å²) in [5.41, 5.74) is 6.95. The minimum absolute atomic E-state index is 0.126. The lowest BCUT2D eigenvalue weighted by Gasteiger charge is -2.11. The molecule has 1 rings (SSSR count). The second-order valence-corrected chi connectivity index (χ2v) is 8.44. The number of rotatable bonds is 7. The number of hydrogen-bond acceptors (Lipinski definition) is 4. The summed E-state index contributed by atoms with van der Waals surface area (Å²) in [5, 5.41) is 0.702. The first kappa shape index (κ1) is 16.8. The van der Waals surface area contributed by atoms with Crippen LogP contribution < -0.4 is 5.73 Å². The first-order valence-electron chi connectivity index (χ1n) is 6.16. The third-order valence-electron chi connectivity index (χ3n) is 2.75. The number of hydrogen-bond donors (Lipinski definition) is 1. The van der Waals surface area contributed by atoms with Gasteiger partial charge in [0.25, 0.3) is 0 Å². The summed E-state index contributed by atoms with van der Waals surface area (Å²) in [4.78, 5) is 0.988. The van der Waals surface area contributed by atoms with Crippen molar-refractivity contribution in [2.75, 3.05) is 17.8 Å². The average molecular weight is 322 g/mol. The first-order chi connectivity index (χ1) is 8.81. The summed E-state index contributed by atoms with van der Waals surface area (Å²) in [5.74, 6) is 0.723. The van der Waals surface area contributed by atoms with Gasteiger partial charge in [-0.3, -0.25) is 0 Å². The van der Waals surface area contributed by atoms with Crippen molar-refractivity contribution < 1.29 is 8.42 Å². The van der Waals surface area contributed by atoms with E-state index in [4.69, 9.17) is 17.3 Å². The van der Waals surface area contributed by atoms with Crippen molar-refractivity contribution in [3.8, 4) is 0 Å². The monoisotopic (exact) mass is 321 g/mol. The molecule has 0 aliphatic carbocycles. The fraction of sp³-hybridized carbons (Fsp3) is 0.538. The first-order valence-corrected chi connectivity index (χ1v) is 9.58. The zero-order valence-corrected chi connectivity index (χ0v) is 13.6. The molecule has 108 valence electrons. The lowest BCUT2D eigenvalue weighted by atomic mass is 10.1. The second-order valence-electron chi connectivity index (χ2n) is 4.60. The van der Waals surface area contributed by atoms with E-state index in [2.05, 4.69) is 0 Å². The highest BCUT2D eigenvalue weighted by Crippen LogP contribution is 2.26. The molecule has 0 saturated heterocycles. The van der Waals surface area contributed by atoms with Crippen LogP contribution in [-0.2, 0) is 16.3 Å². The summed E-state index contributed by atoms with van der Waals surface area (Å²) in [6.07, 6.45) is 2.93. The van der Waals surface area contributed by atoms with E-state index in [9.17, 15) is 8.42 Å². The van der Waals surface area contributed by atoms with Crippen LogP contribution in [0.5, 0.6) is 0 Å². The molecule has 0 radical (unpaired) electrons. The van der Waals surface area contributed by atoms with Gasteiger partial charge >= 0.3 is 0 Å². The van der Waals surface area contributed by atoms with Crippen LogP contribution in [0, 0.1) is 0 Å². The Hall–Kier alpha value is -0.230. The summed E-state index contributed by atoms with van der Waals surface area (Å²) < 4.78 is 22.1. The Morgan fingerprint density at radius 1 is 1.42 bits per heavy atom. The van der Waals surface area contributed by atoms with Crippen molar-refractivity contribution >= 4 is 33.2 Å². The van der Waals surface area contributed by atoms with E-state index in [0.29, 0.717) is 10.8 Å². The minimum atomic E-state index is -2.90. The number of halogens is 1. The van der Waals surface area contributed by atoms with Crippen LogP contribution in [0.2, 0.25) is 5.02 Å². The molecule has 3 nitrogen and oxygen atoms in total. The van der Waals surface area contributed by atoms with E-state index in [1.165, 1.54) is 18.0 Å². The molecule has 0 aromatic heterocycles. The smallest absolute Gasteiger partial charge is 0.148 e. The van der Waals surface area contributed by atoms with Crippen LogP contribution in [0.4, 0.5) is 0 Å². The molecule has 0 heterocycles. The molecular formula is C13H20ClNO2S2. The fourth-order valence-electron chi connectivity index (χ4n) is 1.52. The maximum Gasteiger partial charge on any atom is 0.148 e. The molecule has 19 heavy (non-hydrogen) atoms. The molecule has 1 aromatic carbocycles. The Morgan fingerprint density at radius 2 is 2.11 bits per heavy atom. The van der Waals surface area contributed by atoms with Gasteiger partial charge in [-0.1, -0.05) is 24.6 Å². The van der Waals surface area contributed by atoms with Crippen LogP contribution in [0.25, 0.3) is 0 Å². The van der Waals surface area contributed by atoms with Crippen molar-refractivity contribution in [1.82, 2.24) is 0 Å². The van der Waals surface area contributed by atoms with Crippen LogP contribution in [-0.4, -0.2) is 32.2 Å². The molecule has 1 unspecified atom stereocenters. The predicted molar refractivity (Wildman–Crippen MR) is 83.9 cm³/mol. The highest BCUT2D eigenvalue weighted by molar-refractivity contribution is 8.00. The third kappa shape index (κ3) is 6.65. The van der Waals surface area contributed by atoms with E-state index in [-0.39, 0.29) is 11.8 Å². The SMILES string of the molecule is CCC(N)Cc1ccc(SCCS(C)(=O)=O)cc1Cl. The van der Waals surface area contributed by atoms with Crippen LogP contribution in [0.3, 0.4) is 0 Å². The van der Waals surface area contributed by atoms with Crippen molar-refractivity contribution in [1.29, 1.82) is 0 Å². The van der Waals surface area contributed by atoms with Gasteiger partial charge < -0.3 is 5.73 Å². The molecule has 0 aliphatic rings. The molecule has 0 spiro atoms. The van der Waals surface area contributed by atoms with Gasteiger partial charge in [-0.2, -0.15) is 0 Å². The average Bonchev–Trinajstić information content (AvgIpc) is 2.30. The van der Waals surface area contributed by atoms with Crippen LogP contribution in [0.15, 0.2) is 23.1 Å². The number of sulfone groups is 1. The van der Waals surface area contributed by atoms with Gasteiger partial charge in [-0.05, 0) is 30.5 Å². The van der Waals surface area contributed by atoms with Crippen molar-refractivity contribution in [2.24, 2.45) is 5.73 Å². The topological polar surface area (TPSA) is 60.2 Å². The standard InChI is InChI=1S/C13H20ClNO2S2/c1-3-11(15)8-10-4-5-12(9-13(10)14)18-6-7-19(2,16)17/h4-5,9,11H,3,6-8,15H2,1-2H3. The minimum Gasteiger partial charge on any atom is -0.327 e. The number of thioether (sulfide) groups is 1. The van der Waals surface area contributed by atoms with Gasteiger partial charge in [0.2, 0.25) is 0 Å². The lowest BCUT2D eigenvalue weighted by molar-refractivity contribution is 0.603. The van der Waals surface area contributed by atoms with Gasteiger partial charge in [0.1, 0.15) is 9.84 Å². The van der Waals surface area contributed by atoms with E-state index >= 15 is 0 Å².